The minimum Gasteiger partial charge on any atom is -0.469 e. The lowest BCUT2D eigenvalue weighted by atomic mass is 10.1. The Labute approximate surface area is 195 Å². The minimum atomic E-state index is -0.911. The first-order valence-corrected chi connectivity index (χ1v) is 10.4. The number of carbonyl (C=O) groups is 1. The zero-order valence-electron chi connectivity index (χ0n) is 17.8. The summed E-state index contributed by atoms with van der Waals surface area (Å²) >= 11 is 0. The summed E-state index contributed by atoms with van der Waals surface area (Å²) < 4.78 is 47.1. The summed E-state index contributed by atoms with van der Waals surface area (Å²) in [6.45, 7) is -0.111. The van der Waals surface area contributed by atoms with E-state index in [1.807, 2.05) is 0 Å². The minimum absolute atomic E-state index is 0.0278. The third kappa shape index (κ3) is 4.30. The molecule has 12 nitrogen and oxygen atoms in total. The van der Waals surface area contributed by atoms with Crippen molar-refractivity contribution in [2.45, 2.75) is 18.8 Å². The number of aliphatic hydroxyl groups is 1. The first-order chi connectivity index (χ1) is 16.8. The Balaban J connectivity index is 1.30. The van der Waals surface area contributed by atoms with E-state index in [9.17, 15) is 23.7 Å². The SMILES string of the molecule is O=C1O[C@H](CO)CN1c1cc(F)c(-c2ccc(O[C@@H]3COc4nc([N+](=O)[O-])cn4C3)nc2)c(F)c1. The maximum absolute atomic E-state index is 14.8. The number of aromatic nitrogens is 3. The molecule has 0 aliphatic carbocycles. The van der Waals surface area contributed by atoms with Gasteiger partial charge in [-0.1, -0.05) is 0 Å². The molecule has 2 aromatic heterocycles. The van der Waals surface area contributed by atoms with Gasteiger partial charge in [0.1, 0.15) is 30.5 Å². The number of aliphatic hydroxyl groups excluding tert-OH is 1. The Morgan fingerprint density at radius 2 is 2.03 bits per heavy atom. The highest BCUT2D eigenvalue weighted by Crippen LogP contribution is 2.32. The number of halogens is 2. The molecule has 35 heavy (non-hydrogen) atoms. The number of benzene rings is 1. The number of hydrogen-bond acceptors (Lipinski definition) is 9. The number of imidazole rings is 1. The van der Waals surface area contributed by atoms with Crippen LogP contribution in [0.1, 0.15) is 0 Å². The van der Waals surface area contributed by atoms with Gasteiger partial charge < -0.3 is 29.4 Å². The molecule has 0 spiro atoms. The molecule has 1 fully saturated rings. The van der Waals surface area contributed by atoms with Gasteiger partial charge in [-0.2, -0.15) is 0 Å². The second kappa shape index (κ2) is 8.79. The molecule has 1 aromatic carbocycles. The van der Waals surface area contributed by atoms with E-state index in [4.69, 9.17) is 19.3 Å². The van der Waals surface area contributed by atoms with Crippen molar-refractivity contribution in [3.05, 3.63) is 58.4 Å². The van der Waals surface area contributed by atoms with Crippen LogP contribution in [0.3, 0.4) is 0 Å². The van der Waals surface area contributed by atoms with Crippen molar-refractivity contribution in [1.29, 1.82) is 0 Å². The topological polar surface area (TPSA) is 142 Å². The van der Waals surface area contributed by atoms with Crippen LogP contribution in [-0.4, -0.2) is 62.6 Å². The molecule has 1 amide bonds. The summed E-state index contributed by atoms with van der Waals surface area (Å²) in [7, 11) is 0. The van der Waals surface area contributed by atoms with Gasteiger partial charge in [0.05, 0.1) is 30.9 Å². The Kier molecular flexibility index (Phi) is 5.64. The Bertz CT molecular complexity index is 1280. The number of amides is 1. The Morgan fingerprint density at radius 3 is 2.66 bits per heavy atom. The number of fused-ring (bicyclic) bond motifs is 1. The van der Waals surface area contributed by atoms with Gasteiger partial charge in [-0.3, -0.25) is 9.47 Å². The first-order valence-electron chi connectivity index (χ1n) is 10.4. The Hall–Kier alpha value is -4.33. The predicted octanol–water partition coefficient (Wildman–Crippen LogP) is 2.29. The van der Waals surface area contributed by atoms with Crippen LogP contribution in [0.25, 0.3) is 11.1 Å². The number of ether oxygens (including phenoxy) is 3. The van der Waals surface area contributed by atoms with Gasteiger partial charge in [-0.05, 0) is 23.1 Å². The van der Waals surface area contributed by atoms with Gasteiger partial charge in [-0.25, -0.2) is 18.6 Å². The van der Waals surface area contributed by atoms with Crippen molar-refractivity contribution in [2.75, 3.05) is 24.7 Å². The second-order valence-electron chi connectivity index (χ2n) is 7.81. The fraction of sp³-hybridized carbons (Fsp3) is 0.286. The molecule has 0 saturated carbocycles. The van der Waals surface area contributed by atoms with Gasteiger partial charge in [-0.15, -0.1) is 0 Å². The van der Waals surface area contributed by atoms with Gasteiger partial charge in [0.2, 0.25) is 5.88 Å². The van der Waals surface area contributed by atoms with E-state index in [1.165, 1.54) is 29.1 Å². The molecular weight excluding hydrogens is 472 g/mol. The van der Waals surface area contributed by atoms with E-state index in [0.717, 1.165) is 17.0 Å². The molecule has 2 atom stereocenters. The van der Waals surface area contributed by atoms with Crippen molar-refractivity contribution in [1.82, 2.24) is 14.5 Å². The number of pyridine rings is 1. The van der Waals surface area contributed by atoms with Gasteiger partial charge in [0, 0.05) is 22.8 Å². The molecule has 2 aliphatic rings. The van der Waals surface area contributed by atoms with Crippen molar-refractivity contribution < 1.29 is 37.8 Å². The number of carbonyl (C=O) groups excluding carboxylic acids is 1. The molecule has 1 N–H and O–H groups in total. The molecule has 5 rings (SSSR count). The van der Waals surface area contributed by atoms with E-state index < -0.39 is 41.5 Å². The van der Waals surface area contributed by atoms with E-state index in [1.54, 1.807) is 0 Å². The normalized spacial score (nSPS) is 19.2. The summed E-state index contributed by atoms with van der Waals surface area (Å²) in [5, 5.41) is 20.0. The van der Waals surface area contributed by atoms with Crippen LogP contribution < -0.4 is 14.4 Å². The molecule has 14 heteroatoms. The molecule has 182 valence electrons. The van der Waals surface area contributed by atoms with E-state index >= 15 is 0 Å². The molecule has 0 unspecified atom stereocenters. The summed E-state index contributed by atoms with van der Waals surface area (Å²) in [6, 6.07) is 4.98. The third-order valence-electron chi connectivity index (χ3n) is 5.44. The van der Waals surface area contributed by atoms with Crippen molar-refractivity contribution >= 4 is 17.6 Å². The average molecular weight is 489 g/mol. The highest BCUT2D eigenvalue weighted by Gasteiger charge is 2.33. The number of hydrogen-bond donors (Lipinski definition) is 1. The molecule has 1 saturated heterocycles. The highest BCUT2D eigenvalue weighted by molar-refractivity contribution is 5.90. The first kappa shape index (κ1) is 22.5. The summed E-state index contributed by atoms with van der Waals surface area (Å²) in [4.78, 5) is 31.0. The lowest BCUT2D eigenvalue weighted by Crippen LogP contribution is -2.34. The number of rotatable bonds is 6. The van der Waals surface area contributed by atoms with Crippen LogP contribution in [0.5, 0.6) is 11.9 Å². The van der Waals surface area contributed by atoms with Crippen molar-refractivity contribution in [3.8, 4) is 23.0 Å². The average Bonchev–Trinajstić information content (AvgIpc) is 3.43. The molecule has 0 bridgehead atoms. The lowest BCUT2D eigenvalue weighted by molar-refractivity contribution is -0.389. The fourth-order valence-electron chi connectivity index (χ4n) is 3.82. The van der Waals surface area contributed by atoms with Crippen molar-refractivity contribution in [3.63, 3.8) is 0 Å². The summed E-state index contributed by atoms with van der Waals surface area (Å²) in [5.74, 6) is -2.00. The standard InChI is InChI=1S/C21H17F2N5O7/c22-15-3-12(27-7-13(9-29)35-21(27)30)4-16(23)19(15)11-1-2-18(24-5-11)34-14-6-26-8-17(28(31)32)25-20(26)33-10-14/h1-5,8,13-14,29H,6-7,9-10H2/t13-,14-/m0/s1. The van der Waals surface area contributed by atoms with E-state index in [2.05, 4.69) is 9.97 Å². The highest BCUT2D eigenvalue weighted by atomic mass is 19.1. The summed E-state index contributed by atoms with van der Waals surface area (Å²) in [6.07, 6.45) is 0.380. The summed E-state index contributed by atoms with van der Waals surface area (Å²) in [5.41, 5.74) is -0.229. The van der Waals surface area contributed by atoms with E-state index in [0.29, 0.717) is 0 Å². The van der Waals surface area contributed by atoms with Crippen LogP contribution in [0, 0.1) is 21.7 Å². The van der Waals surface area contributed by atoms with E-state index in [-0.39, 0.29) is 54.2 Å². The number of nitrogens with zero attached hydrogens (tertiary/aromatic N) is 5. The van der Waals surface area contributed by atoms with Gasteiger partial charge >= 0.3 is 17.9 Å². The maximum Gasteiger partial charge on any atom is 0.414 e. The zero-order valence-corrected chi connectivity index (χ0v) is 17.8. The van der Waals surface area contributed by atoms with Crippen LogP contribution in [0.2, 0.25) is 0 Å². The smallest absolute Gasteiger partial charge is 0.414 e. The quantitative estimate of drug-likeness (QED) is 0.408. The number of anilines is 1. The largest absolute Gasteiger partial charge is 0.469 e. The molecule has 3 aromatic rings. The van der Waals surface area contributed by atoms with Crippen LogP contribution in [0.15, 0.2) is 36.7 Å². The number of nitro groups is 1. The molecule has 0 radical (unpaired) electrons. The monoisotopic (exact) mass is 489 g/mol. The fourth-order valence-corrected chi connectivity index (χ4v) is 3.82. The molecule has 2 aliphatic heterocycles. The molecular formula is C21H17F2N5O7. The van der Waals surface area contributed by atoms with Crippen LogP contribution >= 0.6 is 0 Å². The van der Waals surface area contributed by atoms with Crippen LogP contribution in [0.4, 0.5) is 25.1 Å². The lowest BCUT2D eigenvalue weighted by Gasteiger charge is -2.22. The molecule has 4 heterocycles. The Morgan fingerprint density at radius 1 is 1.26 bits per heavy atom. The second-order valence-corrected chi connectivity index (χ2v) is 7.81. The zero-order chi connectivity index (χ0) is 24.7. The number of cyclic esters (lactones) is 1. The van der Waals surface area contributed by atoms with Crippen LogP contribution in [-0.2, 0) is 11.3 Å². The third-order valence-corrected chi connectivity index (χ3v) is 5.44. The maximum atomic E-state index is 14.8. The predicted molar refractivity (Wildman–Crippen MR) is 113 cm³/mol. The van der Waals surface area contributed by atoms with Crippen molar-refractivity contribution in [2.24, 2.45) is 0 Å². The van der Waals surface area contributed by atoms with Gasteiger partial charge in [0.25, 0.3) is 0 Å². The van der Waals surface area contributed by atoms with Gasteiger partial charge in [0.15, 0.2) is 6.10 Å².